The van der Waals surface area contributed by atoms with Gasteiger partial charge in [-0.1, -0.05) is 19.4 Å². The quantitative estimate of drug-likeness (QED) is 0.748. The summed E-state index contributed by atoms with van der Waals surface area (Å²) in [6, 6.07) is 2.75. The van der Waals surface area contributed by atoms with Crippen LogP contribution >= 0.6 is 0 Å². The number of hydrogen-bond acceptors (Lipinski definition) is 3. The number of Topliss-reactive ketones (excluding diaryl/α,β-unsaturated/α-hetero) is 1. The van der Waals surface area contributed by atoms with E-state index in [9.17, 15) is 13.6 Å². The van der Waals surface area contributed by atoms with Crippen LogP contribution in [0.5, 0.6) is 5.75 Å². The first-order valence-corrected chi connectivity index (χ1v) is 8.04. The van der Waals surface area contributed by atoms with Crippen molar-refractivity contribution in [1.29, 1.82) is 0 Å². The van der Waals surface area contributed by atoms with Gasteiger partial charge in [-0.25, -0.2) is 4.39 Å². The molecule has 0 amide bonds. The number of benzene rings is 1. The van der Waals surface area contributed by atoms with Gasteiger partial charge in [0.25, 0.3) is 0 Å². The lowest BCUT2D eigenvalue weighted by atomic mass is 9.96. The van der Waals surface area contributed by atoms with Crippen LogP contribution in [0.2, 0.25) is 0 Å². The molecule has 0 aromatic heterocycles. The number of carbonyl (C=O) groups is 1. The number of carbonyl (C=O) groups excluding carboxylic acids is 1. The van der Waals surface area contributed by atoms with Gasteiger partial charge < -0.3 is 9.47 Å². The zero-order valence-corrected chi connectivity index (χ0v) is 13.5. The van der Waals surface area contributed by atoms with Crippen LogP contribution in [-0.2, 0) is 16.0 Å². The normalized spacial score (nSPS) is 17.4. The number of hydrogen-bond donors (Lipinski definition) is 0. The van der Waals surface area contributed by atoms with Gasteiger partial charge in [-0.15, -0.1) is 0 Å². The van der Waals surface area contributed by atoms with E-state index in [1.807, 2.05) is 0 Å². The molecule has 1 heterocycles. The van der Waals surface area contributed by atoms with Crippen molar-refractivity contribution in [2.75, 3.05) is 6.61 Å². The second-order valence-electron chi connectivity index (χ2n) is 5.61. The van der Waals surface area contributed by atoms with Crippen LogP contribution in [0.1, 0.15) is 45.1 Å². The minimum atomic E-state index is -1.05. The van der Waals surface area contributed by atoms with E-state index < -0.39 is 11.6 Å². The number of allylic oxidation sites excluding steroid dienone is 1. The lowest BCUT2D eigenvalue weighted by Crippen LogP contribution is -2.19. The fourth-order valence-corrected chi connectivity index (χ4v) is 2.62. The Labute approximate surface area is 135 Å². The van der Waals surface area contributed by atoms with E-state index in [2.05, 4.69) is 6.92 Å². The SMILES string of the molecule is CCCC1CCC(C(=O)Cc2ccc(OCC)c(F)c2F)=CO1. The molecule has 1 aromatic carbocycles. The summed E-state index contributed by atoms with van der Waals surface area (Å²) in [7, 11) is 0. The smallest absolute Gasteiger partial charge is 0.200 e. The molecule has 0 bridgehead atoms. The third-order valence-electron chi connectivity index (χ3n) is 3.88. The van der Waals surface area contributed by atoms with Crippen LogP contribution < -0.4 is 4.74 Å². The molecule has 1 aliphatic rings. The van der Waals surface area contributed by atoms with Crippen molar-refractivity contribution < 1.29 is 23.0 Å². The summed E-state index contributed by atoms with van der Waals surface area (Å²) in [5.41, 5.74) is 0.568. The van der Waals surface area contributed by atoms with Gasteiger partial charge in [0.15, 0.2) is 17.3 Å². The summed E-state index contributed by atoms with van der Waals surface area (Å²) >= 11 is 0. The average molecular weight is 324 g/mol. The van der Waals surface area contributed by atoms with Crippen LogP contribution in [0.3, 0.4) is 0 Å². The van der Waals surface area contributed by atoms with Crippen molar-refractivity contribution in [1.82, 2.24) is 0 Å². The topological polar surface area (TPSA) is 35.5 Å². The zero-order valence-electron chi connectivity index (χ0n) is 13.5. The molecular weight excluding hydrogens is 302 g/mol. The van der Waals surface area contributed by atoms with Gasteiger partial charge in [0.2, 0.25) is 5.82 Å². The largest absolute Gasteiger partial charge is 0.498 e. The lowest BCUT2D eigenvalue weighted by Gasteiger charge is -2.22. The summed E-state index contributed by atoms with van der Waals surface area (Å²) in [4.78, 5) is 12.2. The molecule has 0 aliphatic carbocycles. The predicted molar refractivity (Wildman–Crippen MR) is 83.3 cm³/mol. The first kappa shape index (κ1) is 17.4. The fourth-order valence-electron chi connectivity index (χ4n) is 2.62. The van der Waals surface area contributed by atoms with Crippen molar-refractivity contribution in [3.8, 4) is 5.75 Å². The molecule has 0 fully saturated rings. The Kier molecular flexibility index (Phi) is 6.13. The van der Waals surface area contributed by atoms with Crippen molar-refractivity contribution in [3.05, 3.63) is 41.2 Å². The van der Waals surface area contributed by atoms with Crippen molar-refractivity contribution in [2.45, 2.75) is 52.1 Å². The van der Waals surface area contributed by atoms with E-state index in [-0.39, 0.29) is 36.2 Å². The Morgan fingerprint density at radius 1 is 1.30 bits per heavy atom. The zero-order chi connectivity index (χ0) is 16.8. The summed E-state index contributed by atoms with van der Waals surface area (Å²) in [6.07, 6.45) is 4.83. The van der Waals surface area contributed by atoms with Gasteiger partial charge in [-0.05, 0) is 37.8 Å². The molecule has 2 rings (SSSR count). The van der Waals surface area contributed by atoms with Gasteiger partial charge in [0.1, 0.15) is 0 Å². The van der Waals surface area contributed by atoms with Gasteiger partial charge in [0.05, 0.1) is 19.0 Å². The Balaban J connectivity index is 2.05. The molecular formula is C18H22F2O3. The second-order valence-corrected chi connectivity index (χ2v) is 5.61. The Hall–Kier alpha value is -1.91. The van der Waals surface area contributed by atoms with Gasteiger partial charge in [0, 0.05) is 12.0 Å². The first-order valence-electron chi connectivity index (χ1n) is 8.04. The highest BCUT2D eigenvalue weighted by molar-refractivity contribution is 5.96. The van der Waals surface area contributed by atoms with Gasteiger partial charge in [-0.2, -0.15) is 4.39 Å². The van der Waals surface area contributed by atoms with Crippen molar-refractivity contribution in [3.63, 3.8) is 0 Å². The third-order valence-corrected chi connectivity index (χ3v) is 3.88. The summed E-state index contributed by atoms with van der Waals surface area (Å²) < 4.78 is 38.4. The number of rotatable bonds is 7. The predicted octanol–water partition coefficient (Wildman–Crippen LogP) is 4.34. The van der Waals surface area contributed by atoms with Crippen LogP contribution in [0.25, 0.3) is 0 Å². The van der Waals surface area contributed by atoms with Crippen LogP contribution in [-0.4, -0.2) is 18.5 Å². The monoisotopic (exact) mass is 324 g/mol. The lowest BCUT2D eigenvalue weighted by molar-refractivity contribution is -0.115. The minimum Gasteiger partial charge on any atom is -0.498 e. The van der Waals surface area contributed by atoms with E-state index in [4.69, 9.17) is 9.47 Å². The molecule has 0 N–H and O–H groups in total. The highest BCUT2D eigenvalue weighted by Gasteiger charge is 2.22. The Bertz CT molecular complexity index is 596. The van der Waals surface area contributed by atoms with Gasteiger partial charge in [-0.3, -0.25) is 4.79 Å². The Morgan fingerprint density at radius 2 is 2.09 bits per heavy atom. The van der Waals surface area contributed by atoms with Crippen LogP contribution in [0.15, 0.2) is 24.0 Å². The molecule has 0 saturated heterocycles. The highest BCUT2D eigenvalue weighted by Crippen LogP contribution is 2.26. The van der Waals surface area contributed by atoms with Crippen molar-refractivity contribution in [2.24, 2.45) is 0 Å². The molecule has 1 unspecified atom stereocenters. The maximum absolute atomic E-state index is 14.0. The van der Waals surface area contributed by atoms with E-state index in [1.54, 1.807) is 6.92 Å². The molecule has 1 aliphatic heterocycles. The van der Waals surface area contributed by atoms with Crippen molar-refractivity contribution >= 4 is 5.78 Å². The van der Waals surface area contributed by atoms with E-state index in [1.165, 1.54) is 18.4 Å². The number of ether oxygens (including phenoxy) is 2. The minimum absolute atomic E-state index is 0.0348. The fraction of sp³-hybridized carbons (Fsp3) is 0.500. The maximum atomic E-state index is 14.0. The molecule has 0 radical (unpaired) electrons. The molecule has 0 spiro atoms. The van der Waals surface area contributed by atoms with Gasteiger partial charge >= 0.3 is 0 Å². The highest BCUT2D eigenvalue weighted by atomic mass is 19.2. The average Bonchev–Trinajstić information content (AvgIpc) is 2.55. The number of halogens is 2. The molecule has 5 heteroatoms. The second kappa shape index (κ2) is 8.09. The number of ketones is 1. The Morgan fingerprint density at radius 3 is 2.70 bits per heavy atom. The summed E-state index contributed by atoms with van der Waals surface area (Å²) in [5, 5.41) is 0. The maximum Gasteiger partial charge on any atom is 0.200 e. The third kappa shape index (κ3) is 4.30. The van der Waals surface area contributed by atoms with E-state index in [0.29, 0.717) is 12.0 Å². The summed E-state index contributed by atoms with van der Waals surface area (Å²) in [5.74, 6) is -2.44. The molecule has 0 saturated carbocycles. The molecule has 1 aromatic rings. The summed E-state index contributed by atoms with van der Waals surface area (Å²) in [6.45, 7) is 4.02. The standard InChI is InChI=1S/C18H22F2O3/c1-3-5-14-8-6-13(11-23-14)15(21)10-12-7-9-16(22-4-2)18(20)17(12)19/h7,9,11,14H,3-6,8,10H2,1-2H3. The molecule has 23 heavy (non-hydrogen) atoms. The van der Waals surface area contributed by atoms with Crippen LogP contribution in [0.4, 0.5) is 8.78 Å². The van der Waals surface area contributed by atoms with Crippen LogP contribution in [0, 0.1) is 11.6 Å². The molecule has 1 atom stereocenters. The molecule has 126 valence electrons. The van der Waals surface area contributed by atoms with E-state index in [0.717, 1.165) is 19.3 Å². The first-order chi connectivity index (χ1) is 11.1. The molecule has 3 nitrogen and oxygen atoms in total. The van der Waals surface area contributed by atoms with E-state index >= 15 is 0 Å².